The number of hydrogen-bond donors (Lipinski definition) is 3. The smallest absolute Gasteiger partial charge is 0.267 e. The molecule has 0 aliphatic carbocycles. The van der Waals surface area contributed by atoms with Gasteiger partial charge in [0.1, 0.15) is 11.3 Å². The SMILES string of the molecule is CNC(=O)c1ccccc1NC(=O)c1c(O)c2cccc3c2n(c1=O)CC3. The monoisotopic (exact) mass is 363 g/mol. The van der Waals surface area contributed by atoms with Crippen molar-refractivity contribution in [2.45, 2.75) is 13.0 Å². The maximum absolute atomic E-state index is 12.8. The molecule has 3 N–H and O–H groups in total. The predicted molar refractivity (Wildman–Crippen MR) is 101 cm³/mol. The van der Waals surface area contributed by atoms with E-state index in [0.717, 1.165) is 5.56 Å². The highest BCUT2D eigenvalue weighted by Gasteiger charge is 2.26. The van der Waals surface area contributed by atoms with Crippen molar-refractivity contribution in [1.29, 1.82) is 0 Å². The Hall–Kier alpha value is -3.61. The number of hydrogen-bond acceptors (Lipinski definition) is 4. The third kappa shape index (κ3) is 2.55. The van der Waals surface area contributed by atoms with Gasteiger partial charge in [0.25, 0.3) is 17.4 Å². The summed E-state index contributed by atoms with van der Waals surface area (Å²) in [6, 6.07) is 11.9. The van der Waals surface area contributed by atoms with E-state index in [1.165, 1.54) is 11.6 Å². The lowest BCUT2D eigenvalue weighted by Gasteiger charge is -2.13. The van der Waals surface area contributed by atoms with Crippen LogP contribution in [-0.2, 0) is 13.0 Å². The molecule has 3 aromatic rings. The number of carbonyl (C=O) groups is 2. The predicted octanol–water partition coefficient (Wildman–Crippen LogP) is 1.88. The Morgan fingerprint density at radius 2 is 1.85 bits per heavy atom. The minimum absolute atomic E-state index is 0.260. The highest BCUT2D eigenvalue weighted by Crippen LogP contribution is 2.32. The Bertz CT molecular complexity index is 1160. The molecule has 1 aliphatic heterocycles. The number of aryl methyl sites for hydroxylation is 2. The first kappa shape index (κ1) is 16.8. The summed E-state index contributed by atoms with van der Waals surface area (Å²) >= 11 is 0. The van der Waals surface area contributed by atoms with Gasteiger partial charge >= 0.3 is 0 Å². The molecule has 2 heterocycles. The summed E-state index contributed by atoms with van der Waals surface area (Å²) in [6.07, 6.45) is 0.677. The molecule has 0 bridgehead atoms. The standard InChI is InChI=1S/C20H17N3O4/c1-21-18(25)12-6-2-3-8-14(12)22-19(26)15-17(24)13-7-4-5-11-9-10-23(16(11)13)20(15)27/h2-8,24H,9-10H2,1H3,(H,21,25)(H,22,26). The summed E-state index contributed by atoms with van der Waals surface area (Å²) in [5, 5.41) is 16.2. The molecule has 0 radical (unpaired) electrons. The molecule has 0 atom stereocenters. The van der Waals surface area contributed by atoms with Gasteiger partial charge in [0.2, 0.25) is 0 Å². The molecule has 0 spiro atoms. The van der Waals surface area contributed by atoms with Crippen molar-refractivity contribution in [3.63, 3.8) is 0 Å². The highest BCUT2D eigenvalue weighted by atomic mass is 16.3. The fraction of sp³-hybridized carbons (Fsp3) is 0.150. The van der Waals surface area contributed by atoms with Crippen LogP contribution in [0.3, 0.4) is 0 Å². The number of anilines is 1. The van der Waals surface area contributed by atoms with Gasteiger partial charge in [-0.1, -0.05) is 24.3 Å². The van der Waals surface area contributed by atoms with Gasteiger partial charge in [0.15, 0.2) is 0 Å². The molecule has 2 aromatic carbocycles. The molecule has 7 heteroatoms. The molecule has 4 rings (SSSR count). The van der Waals surface area contributed by atoms with Gasteiger partial charge in [-0.25, -0.2) is 0 Å². The highest BCUT2D eigenvalue weighted by molar-refractivity contribution is 6.12. The zero-order chi connectivity index (χ0) is 19.1. The third-order valence-corrected chi connectivity index (χ3v) is 4.82. The average Bonchev–Trinajstić information content (AvgIpc) is 3.11. The minimum atomic E-state index is -0.753. The van der Waals surface area contributed by atoms with Crippen LogP contribution in [0, 0.1) is 0 Å². The summed E-state index contributed by atoms with van der Waals surface area (Å²) < 4.78 is 1.52. The Labute approximate surface area is 154 Å². The second-order valence-corrected chi connectivity index (χ2v) is 6.32. The maximum Gasteiger partial charge on any atom is 0.267 e. The van der Waals surface area contributed by atoms with Crippen LogP contribution >= 0.6 is 0 Å². The zero-order valence-electron chi connectivity index (χ0n) is 14.6. The van der Waals surface area contributed by atoms with E-state index in [4.69, 9.17) is 0 Å². The van der Waals surface area contributed by atoms with Crippen molar-refractivity contribution < 1.29 is 14.7 Å². The molecule has 0 unspecified atom stereocenters. The Morgan fingerprint density at radius 1 is 1.07 bits per heavy atom. The van der Waals surface area contributed by atoms with Crippen LogP contribution in [0.5, 0.6) is 5.75 Å². The molecule has 0 saturated carbocycles. The van der Waals surface area contributed by atoms with E-state index in [-0.39, 0.29) is 28.5 Å². The fourth-order valence-electron chi connectivity index (χ4n) is 3.54. The first-order chi connectivity index (χ1) is 13.0. The zero-order valence-corrected chi connectivity index (χ0v) is 14.6. The number of para-hydroxylation sites is 2. The van der Waals surface area contributed by atoms with E-state index in [0.29, 0.717) is 23.9 Å². The second-order valence-electron chi connectivity index (χ2n) is 6.32. The lowest BCUT2D eigenvalue weighted by Crippen LogP contribution is -2.29. The van der Waals surface area contributed by atoms with Gasteiger partial charge in [-0.15, -0.1) is 0 Å². The first-order valence-electron chi connectivity index (χ1n) is 8.52. The first-order valence-corrected chi connectivity index (χ1v) is 8.52. The number of aromatic nitrogens is 1. The Kier molecular flexibility index (Phi) is 3.92. The average molecular weight is 363 g/mol. The van der Waals surface area contributed by atoms with Crippen LogP contribution in [0.4, 0.5) is 5.69 Å². The number of aromatic hydroxyl groups is 1. The number of amides is 2. The van der Waals surface area contributed by atoms with Crippen molar-refractivity contribution in [3.05, 3.63) is 69.5 Å². The molecular weight excluding hydrogens is 346 g/mol. The van der Waals surface area contributed by atoms with E-state index >= 15 is 0 Å². The van der Waals surface area contributed by atoms with Crippen molar-refractivity contribution in [2.75, 3.05) is 12.4 Å². The van der Waals surface area contributed by atoms with E-state index in [2.05, 4.69) is 10.6 Å². The second kappa shape index (κ2) is 6.28. The quantitative estimate of drug-likeness (QED) is 0.661. The fourth-order valence-corrected chi connectivity index (χ4v) is 3.54. The van der Waals surface area contributed by atoms with E-state index in [1.807, 2.05) is 6.07 Å². The van der Waals surface area contributed by atoms with Crippen LogP contribution in [-0.4, -0.2) is 28.5 Å². The molecule has 1 aromatic heterocycles. The van der Waals surface area contributed by atoms with Crippen LogP contribution in [0.1, 0.15) is 26.3 Å². The van der Waals surface area contributed by atoms with Gasteiger partial charge in [-0.3, -0.25) is 14.4 Å². The summed E-state index contributed by atoms with van der Waals surface area (Å²) in [6.45, 7) is 0.462. The van der Waals surface area contributed by atoms with Crippen LogP contribution < -0.4 is 16.2 Å². The van der Waals surface area contributed by atoms with Gasteiger partial charge in [-0.2, -0.15) is 0 Å². The number of pyridine rings is 1. The molecule has 1 aliphatic rings. The van der Waals surface area contributed by atoms with E-state index < -0.39 is 11.5 Å². The van der Waals surface area contributed by atoms with Gasteiger partial charge in [0, 0.05) is 19.0 Å². The van der Waals surface area contributed by atoms with Crippen LogP contribution in [0.25, 0.3) is 10.9 Å². The van der Waals surface area contributed by atoms with Crippen LogP contribution in [0.2, 0.25) is 0 Å². The van der Waals surface area contributed by atoms with Crippen molar-refractivity contribution in [3.8, 4) is 5.75 Å². The van der Waals surface area contributed by atoms with E-state index in [1.54, 1.807) is 36.4 Å². The summed E-state index contributed by atoms with van der Waals surface area (Å²) in [5.41, 5.74) is 1.30. The summed E-state index contributed by atoms with van der Waals surface area (Å²) in [7, 11) is 1.49. The number of nitrogens with zero attached hydrogens (tertiary/aromatic N) is 1. The molecular formula is C20H17N3O4. The summed E-state index contributed by atoms with van der Waals surface area (Å²) in [4.78, 5) is 37.7. The maximum atomic E-state index is 12.8. The Balaban J connectivity index is 1.83. The van der Waals surface area contributed by atoms with Crippen molar-refractivity contribution in [1.82, 2.24) is 9.88 Å². The molecule has 0 saturated heterocycles. The molecule has 7 nitrogen and oxygen atoms in total. The molecule has 136 valence electrons. The van der Waals surface area contributed by atoms with Gasteiger partial charge in [0.05, 0.1) is 16.8 Å². The van der Waals surface area contributed by atoms with Gasteiger partial charge in [-0.05, 0) is 30.2 Å². The topological polar surface area (TPSA) is 100 Å². The lowest BCUT2D eigenvalue weighted by atomic mass is 10.1. The molecule has 27 heavy (non-hydrogen) atoms. The van der Waals surface area contributed by atoms with Crippen LogP contribution in [0.15, 0.2) is 47.3 Å². The normalized spacial score (nSPS) is 12.2. The molecule has 0 fully saturated rings. The number of carbonyl (C=O) groups excluding carboxylic acids is 2. The largest absolute Gasteiger partial charge is 0.506 e. The third-order valence-electron chi connectivity index (χ3n) is 4.82. The van der Waals surface area contributed by atoms with Gasteiger partial charge < -0.3 is 20.3 Å². The molecule has 2 amide bonds. The Morgan fingerprint density at radius 3 is 2.63 bits per heavy atom. The number of rotatable bonds is 3. The summed E-state index contributed by atoms with van der Waals surface area (Å²) in [5.74, 6) is -1.46. The minimum Gasteiger partial charge on any atom is -0.506 e. The number of nitrogens with one attached hydrogen (secondary N) is 2. The van der Waals surface area contributed by atoms with E-state index in [9.17, 15) is 19.5 Å². The van der Waals surface area contributed by atoms with Crippen molar-refractivity contribution in [2.24, 2.45) is 0 Å². The van der Waals surface area contributed by atoms with Crippen molar-refractivity contribution >= 4 is 28.4 Å². The number of benzene rings is 2. The lowest BCUT2D eigenvalue weighted by molar-refractivity contribution is 0.0964.